The highest BCUT2D eigenvalue weighted by Gasteiger charge is 2.22. The Morgan fingerprint density at radius 2 is 2.23 bits per heavy atom. The number of nitriles is 1. The number of piperidine rings is 1. The molecule has 1 aliphatic rings. The second-order valence-electron chi connectivity index (χ2n) is 5.95. The van der Waals surface area contributed by atoms with Gasteiger partial charge < -0.3 is 15.3 Å². The van der Waals surface area contributed by atoms with Crippen LogP contribution in [0.25, 0.3) is 0 Å². The Balaban J connectivity index is 1.86. The standard InChI is InChI=1S/C17H23N3O2/c1-13(21)19-10-15-3-2-8-20(11-15)12-17(22)16-6-4-14(9-18)5-7-16/h4-7,15,17,22H,2-3,8,10-12H2,1H3,(H,19,21). The number of carbonyl (C=O) groups is 1. The lowest BCUT2D eigenvalue weighted by molar-refractivity contribution is -0.119. The summed E-state index contributed by atoms with van der Waals surface area (Å²) < 4.78 is 0. The fourth-order valence-electron chi connectivity index (χ4n) is 2.90. The van der Waals surface area contributed by atoms with E-state index in [1.165, 1.54) is 6.92 Å². The molecule has 0 saturated carbocycles. The lowest BCUT2D eigenvalue weighted by atomic mass is 9.97. The molecule has 5 nitrogen and oxygen atoms in total. The van der Waals surface area contributed by atoms with Crippen molar-refractivity contribution in [1.29, 1.82) is 5.26 Å². The number of carbonyl (C=O) groups excluding carboxylic acids is 1. The van der Waals surface area contributed by atoms with Gasteiger partial charge in [0.1, 0.15) is 0 Å². The van der Waals surface area contributed by atoms with Gasteiger partial charge in [-0.3, -0.25) is 4.79 Å². The Morgan fingerprint density at radius 1 is 1.50 bits per heavy atom. The molecule has 1 saturated heterocycles. The highest BCUT2D eigenvalue weighted by atomic mass is 16.3. The van der Waals surface area contributed by atoms with Gasteiger partial charge in [0.2, 0.25) is 5.91 Å². The van der Waals surface area contributed by atoms with Crippen molar-refractivity contribution in [3.63, 3.8) is 0 Å². The third kappa shape index (κ3) is 4.83. The molecule has 0 spiro atoms. The summed E-state index contributed by atoms with van der Waals surface area (Å²) in [6, 6.07) is 9.15. The van der Waals surface area contributed by atoms with Crippen molar-refractivity contribution in [2.24, 2.45) is 5.92 Å². The predicted octanol–water partition coefficient (Wildman–Crippen LogP) is 1.44. The Kier molecular flexibility index (Phi) is 5.93. The smallest absolute Gasteiger partial charge is 0.216 e. The second-order valence-corrected chi connectivity index (χ2v) is 5.95. The molecule has 1 fully saturated rings. The minimum absolute atomic E-state index is 0.00902. The fraction of sp³-hybridized carbons (Fsp3) is 0.529. The second kappa shape index (κ2) is 7.92. The van der Waals surface area contributed by atoms with E-state index in [2.05, 4.69) is 16.3 Å². The van der Waals surface area contributed by atoms with Crippen LogP contribution in [0.1, 0.15) is 37.0 Å². The summed E-state index contributed by atoms with van der Waals surface area (Å²) >= 11 is 0. The average molecular weight is 301 g/mol. The minimum atomic E-state index is -0.549. The monoisotopic (exact) mass is 301 g/mol. The van der Waals surface area contributed by atoms with Gasteiger partial charge in [-0.15, -0.1) is 0 Å². The molecule has 22 heavy (non-hydrogen) atoms. The van der Waals surface area contributed by atoms with Crippen LogP contribution in [0, 0.1) is 17.2 Å². The number of benzene rings is 1. The molecule has 0 radical (unpaired) electrons. The molecule has 2 rings (SSSR count). The largest absolute Gasteiger partial charge is 0.387 e. The van der Waals surface area contributed by atoms with Crippen LogP contribution in [0.3, 0.4) is 0 Å². The van der Waals surface area contributed by atoms with Gasteiger partial charge in [-0.05, 0) is 43.0 Å². The number of β-amino-alcohol motifs (C(OH)–C–C–N with tert-alkyl or cyclic N) is 1. The van der Waals surface area contributed by atoms with E-state index in [-0.39, 0.29) is 5.91 Å². The van der Waals surface area contributed by atoms with Crippen LogP contribution in [0.15, 0.2) is 24.3 Å². The molecule has 1 aromatic carbocycles. The zero-order valence-electron chi connectivity index (χ0n) is 13.0. The van der Waals surface area contributed by atoms with Gasteiger partial charge >= 0.3 is 0 Å². The summed E-state index contributed by atoms with van der Waals surface area (Å²) in [6.45, 7) is 4.70. The first-order chi connectivity index (χ1) is 10.6. The number of nitrogens with zero attached hydrogens (tertiary/aromatic N) is 2. The summed E-state index contributed by atoms with van der Waals surface area (Å²) in [7, 11) is 0. The molecule has 2 N–H and O–H groups in total. The third-order valence-corrected chi connectivity index (χ3v) is 4.10. The maximum Gasteiger partial charge on any atom is 0.216 e. The van der Waals surface area contributed by atoms with E-state index in [1.807, 2.05) is 12.1 Å². The van der Waals surface area contributed by atoms with E-state index >= 15 is 0 Å². The van der Waals surface area contributed by atoms with Crippen LogP contribution < -0.4 is 5.32 Å². The molecule has 2 unspecified atom stereocenters. The molecule has 0 aromatic heterocycles. The van der Waals surface area contributed by atoms with Crippen LogP contribution in [-0.2, 0) is 4.79 Å². The summed E-state index contributed by atoms with van der Waals surface area (Å²) in [4.78, 5) is 13.2. The average Bonchev–Trinajstić information content (AvgIpc) is 2.53. The number of rotatable bonds is 5. The number of nitrogens with one attached hydrogen (secondary N) is 1. The zero-order chi connectivity index (χ0) is 15.9. The molecule has 0 bridgehead atoms. The Hall–Kier alpha value is -1.90. The number of hydrogen-bond donors (Lipinski definition) is 2. The zero-order valence-corrected chi connectivity index (χ0v) is 13.0. The van der Waals surface area contributed by atoms with Gasteiger partial charge in [0.05, 0.1) is 17.7 Å². The fourth-order valence-corrected chi connectivity index (χ4v) is 2.90. The number of amides is 1. The van der Waals surface area contributed by atoms with Gasteiger partial charge in [-0.25, -0.2) is 0 Å². The maximum absolute atomic E-state index is 11.0. The van der Waals surface area contributed by atoms with Gasteiger partial charge in [0.15, 0.2) is 0 Å². The van der Waals surface area contributed by atoms with Crippen molar-refractivity contribution in [1.82, 2.24) is 10.2 Å². The van der Waals surface area contributed by atoms with Crippen molar-refractivity contribution >= 4 is 5.91 Å². The lowest BCUT2D eigenvalue weighted by Crippen LogP contribution is -2.42. The van der Waals surface area contributed by atoms with Gasteiger partial charge in [-0.1, -0.05) is 12.1 Å². The predicted molar refractivity (Wildman–Crippen MR) is 84.0 cm³/mol. The topological polar surface area (TPSA) is 76.4 Å². The van der Waals surface area contributed by atoms with Crippen molar-refractivity contribution < 1.29 is 9.90 Å². The Bertz CT molecular complexity index is 536. The van der Waals surface area contributed by atoms with E-state index in [0.29, 0.717) is 24.6 Å². The SMILES string of the molecule is CC(=O)NCC1CCCN(CC(O)c2ccc(C#N)cc2)C1. The molecular weight excluding hydrogens is 278 g/mol. The first-order valence-electron chi connectivity index (χ1n) is 7.73. The normalized spacial score (nSPS) is 20.1. The Morgan fingerprint density at radius 3 is 2.86 bits per heavy atom. The first kappa shape index (κ1) is 16.5. The van der Waals surface area contributed by atoms with Crippen LogP contribution in [0.5, 0.6) is 0 Å². The van der Waals surface area contributed by atoms with E-state index in [4.69, 9.17) is 5.26 Å². The lowest BCUT2D eigenvalue weighted by Gasteiger charge is -2.34. The summed E-state index contributed by atoms with van der Waals surface area (Å²) in [5.41, 5.74) is 1.44. The van der Waals surface area contributed by atoms with Crippen molar-refractivity contribution in [3.8, 4) is 6.07 Å². The van der Waals surface area contributed by atoms with Crippen LogP contribution >= 0.6 is 0 Å². The van der Waals surface area contributed by atoms with Gasteiger partial charge in [-0.2, -0.15) is 5.26 Å². The minimum Gasteiger partial charge on any atom is -0.387 e. The molecule has 1 aromatic rings. The summed E-state index contributed by atoms with van der Waals surface area (Å²) in [5, 5.41) is 22.0. The number of hydrogen-bond acceptors (Lipinski definition) is 4. The van der Waals surface area contributed by atoms with Gasteiger partial charge in [0, 0.05) is 26.6 Å². The van der Waals surface area contributed by atoms with E-state index in [0.717, 1.165) is 31.5 Å². The number of likely N-dealkylation sites (tertiary alicyclic amines) is 1. The molecule has 1 amide bonds. The molecule has 0 aliphatic carbocycles. The highest BCUT2D eigenvalue weighted by Crippen LogP contribution is 2.20. The third-order valence-electron chi connectivity index (χ3n) is 4.10. The molecule has 1 aliphatic heterocycles. The maximum atomic E-state index is 11.0. The number of aliphatic hydroxyl groups excluding tert-OH is 1. The van der Waals surface area contributed by atoms with Crippen molar-refractivity contribution in [2.45, 2.75) is 25.9 Å². The molecule has 1 heterocycles. The van der Waals surface area contributed by atoms with E-state index in [1.54, 1.807) is 12.1 Å². The number of aliphatic hydroxyl groups is 1. The van der Waals surface area contributed by atoms with E-state index in [9.17, 15) is 9.90 Å². The first-order valence-corrected chi connectivity index (χ1v) is 7.73. The van der Waals surface area contributed by atoms with Gasteiger partial charge in [0.25, 0.3) is 0 Å². The van der Waals surface area contributed by atoms with Crippen LogP contribution in [0.2, 0.25) is 0 Å². The van der Waals surface area contributed by atoms with Crippen molar-refractivity contribution in [2.75, 3.05) is 26.2 Å². The van der Waals surface area contributed by atoms with Crippen LogP contribution in [0.4, 0.5) is 0 Å². The highest BCUT2D eigenvalue weighted by molar-refractivity contribution is 5.72. The summed E-state index contributed by atoms with van der Waals surface area (Å²) in [5.74, 6) is 0.459. The molecular formula is C17H23N3O2. The molecule has 118 valence electrons. The summed E-state index contributed by atoms with van der Waals surface area (Å²) in [6.07, 6.45) is 1.65. The van der Waals surface area contributed by atoms with Crippen LogP contribution in [-0.4, -0.2) is 42.1 Å². The quantitative estimate of drug-likeness (QED) is 0.863. The van der Waals surface area contributed by atoms with Crippen molar-refractivity contribution in [3.05, 3.63) is 35.4 Å². The molecule has 2 atom stereocenters. The molecule has 5 heteroatoms. The van der Waals surface area contributed by atoms with E-state index < -0.39 is 6.10 Å². The Labute approximate surface area is 131 Å².